The average Bonchev–Trinajstić information content (AvgIpc) is 3.02. The number of carboxylic acids is 2. The number of carboxylic acid groups (broad SMARTS) is 2. The second-order valence-corrected chi connectivity index (χ2v) is 6.56. The van der Waals surface area contributed by atoms with Crippen LogP contribution < -0.4 is 5.32 Å². The molecule has 0 saturated carbocycles. The molecule has 1 atom stereocenters. The number of aromatic carboxylic acids is 1. The smallest absolute Gasteiger partial charge is 0.478 e. The molecule has 0 aliphatic heterocycles. The Morgan fingerprint density at radius 1 is 1.11 bits per heavy atom. The number of hydrogen-bond donors (Lipinski definition) is 3. The Balaban J connectivity index is 0.000000345. The van der Waals surface area contributed by atoms with Crippen molar-refractivity contribution in [3.63, 3.8) is 0 Å². The van der Waals surface area contributed by atoms with Gasteiger partial charge in [-0.25, -0.2) is 9.59 Å². The van der Waals surface area contributed by atoms with E-state index < -0.39 is 18.1 Å². The highest BCUT2D eigenvalue weighted by molar-refractivity contribution is 6.30. The molecule has 0 saturated heterocycles. The van der Waals surface area contributed by atoms with E-state index in [9.17, 15) is 18.0 Å². The first kappa shape index (κ1) is 21.7. The Kier molecular flexibility index (Phi) is 7.04. The van der Waals surface area contributed by atoms with Gasteiger partial charge in [0, 0.05) is 17.6 Å². The standard InChI is InChI=1S/C17H16ClNO2.C2HF3O2/c18-14-6-7-15-13(9-14)5-8-16(15)19-10-11-1-3-12(4-2-11)17(20)21;3-2(4,5)1(6)7/h1-4,6-7,9,16,19H,5,8,10H2,(H,20,21);(H,6,7)/t16-;/m1./s1. The molecule has 2 aromatic carbocycles. The van der Waals surface area contributed by atoms with Gasteiger partial charge in [-0.15, -0.1) is 0 Å². The number of halogens is 4. The number of fused-ring (bicyclic) bond motifs is 1. The minimum Gasteiger partial charge on any atom is -0.478 e. The van der Waals surface area contributed by atoms with E-state index in [1.807, 2.05) is 24.3 Å². The number of aliphatic carboxylic acids is 1. The van der Waals surface area contributed by atoms with Gasteiger partial charge < -0.3 is 15.5 Å². The van der Waals surface area contributed by atoms with E-state index in [0.29, 0.717) is 11.6 Å². The number of hydrogen-bond acceptors (Lipinski definition) is 3. The zero-order valence-electron chi connectivity index (χ0n) is 14.5. The molecule has 5 nitrogen and oxygen atoms in total. The van der Waals surface area contributed by atoms with E-state index in [-0.39, 0.29) is 0 Å². The van der Waals surface area contributed by atoms with Crippen LogP contribution >= 0.6 is 11.6 Å². The molecule has 0 unspecified atom stereocenters. The highest BCUT2D eigenvalue weighted by atomic mass is 35.5. The van der Waals surface area contributed by atoms with Crippen molar-refractivity contribution < 1.29 is 33.0 Å². The summed E-state index contributed by atoms with van der Waals surface area (Å²) < 4.78 is 31.7. The number of carbonyl (C=O) groups is 2. The molecule has 0 spiro atoms. The first-order chi connectivity index (χ1) is 13.1. The third-order valence-corrected chi connectivity index (χ3v) is 4.41. The highest BCUT2D eigenvalue weighted by Gasteiger charge is 2.38. The molecule has 1 aliphatic carbocycles. The Bertz CT molecular complexity index is 853. The Labute approximate surface area is 163 Å². The van der Waals surface area contributed by atoms with Crippen LogP contribution in [0.1, 0.15) is 39.5 Å². The highest BCUT2D eigenvalue weighted by Crippen LogP contribution is 2.33. The maximum absolute atomic E-state index is 10.8. The van der Waals surface area contributed by atoms with E-state index in [0.717, 1.165) is 30.0 Å². The van der Waals surface area contributed by atoms with Crippen LogP contribution in [0.15, 0.2) is 42.5 Å². The molecule has 0 fully saturated rings. The van der Waals surface area contributed by atoms with Crippen LogP contribution in [0, 0.1) is 0 Å². The number of nitrogens with one attached hydrogen (secondary N) is 1. The Morgan fingerprint density at radius 2 is 1.71 bits per heavy atom. The largest absolute Gasteiger partial charge is 0.490 e. The van der Waals surface area contributed by atoms with Gasteiger partial charge in [0.15, 0.2) is 0 Å². The van der Waals surface area contributed by atoms with E-state index >= 15 is 0 Å². The van der Waals surface area contributed by atoms with Crippen molar-refractivity contribution in [2.24, 2.45) is 0 Å². The minimum absolute atomic E-state index is 0.319. The number of alkyl halides is 3. The molecule has 28 heavy (non-hydrogen) atoms. The van der Waals surface area contributed by atoms with Crippen molar-refractivity contribution in [1.29, 1.82) is 0 Å². The molecule has 0 amide bonds. The second kappa shape index (κ2) is 9.07. The maximum atomic E-state index is 10.8. The maximum Gasteiger partial charge on any atom is 0.490 e. The molecule has 0 radical (unpaired) electrons. The van der Waals surface area contributed by atoms with Crippen molar-refractivity contribution in [1.82, 2.24) is 5.32 Å². The van der Waals surface area contributed by atoms with Crippen LogP contribution in [0.4, 0.5) is 13.2 Å². The van der Waals surface area contributed by atoms with Crippen molar-refractivity contribution in [3.05, 3.63) is 69.7 Å². The number of benzene rings is 2. The fourth-order valence-corrected chi connectivity index (χ4v) is 3.00. The van der Waals surface area contributed by atoms with Gasteiger partial charge in [-0.3, -0.25) is 0 Å². The quantitative estimate of drug-likeness (QED) is 0.687. The molecule has 9 heteroatoms. The lowest BCUT2D eigenvalue weighted by atomic mass is 10.1. The lowest BCUT2D eigenvalue weighted by Crippen LogP contribution is -2.21. The van der Waals surface area contributed by atoms with Gasteiger partial charge in [-0.2, -0.15) is 13.2 Å². The lowest BCUT2D eigenvalue weighted by Gasteiger charge is -2.14. The van der Waals surface area contributed by atoms with Crippen LogP contribution in [-0.2, 0) is 17.8 Å². The topological polar surface area (TPSA) is 86.6 Å². The molecule has 0 heterocycles. The van der Waals surface area contributed by atoms with E-state index in [4.69, 9.17) is 26.6 Å². The van der Waals surface area contributed by atoms with Crippen LogP contribution in [0.3, 0.4) is 0 Å². The molecule has 3 N–H and O–H groups in total. The van der Waals surface area contributed by atoms with Crippen molar-refractivity contribution in [2.75, 3.05) is 0 Å². The summed E-state index contributed by atoms with van der Waals surface area (Å²) in [6, 6.07) is 13.4. The third kappa shape index (κ3) is 5.97. The molecular formula is C19H17ClF3NO4. The van der Waals surface area contributed by atoms with Crippen LogP contribution in [-0.4, -0.2) is 28.3 Å². The van der Waals surface area contributed by atoms with Crippen molar-refractivity contribution >= 4 is 23.5 Å². The molecule has 3 rings (SSSR count). The normalized spacial score (nSPS) is 15.4. The lowest BCUT2D eigenvalue weighted by molar-refractivity contribution is -0.192. The monoisotopic (exact) mass is 415 g/mol. The van der Waals surface area contributed by atoms with Crippen LogP contribution in [0.25, 0.3) is 0 Å². The van der Waals surface area contributed by atoms with E-state index in [1.54, 1.807) is 12.1 Å². The Morgan fingerprint density at radius 3 is 2.25 bits per heavy atom. The molecule has 0 bridgehead atoms. The minimum atomic E-state index is -5.08. The summed E-state index contributed by atoms with van der Waals surface area (Å²) in [4.78, 5) is 19.7. The average molecular weight is 416 g/mol. The fourth-order valence-electron chi connectivity index (χ4n) is 2.80. The van der Waals surface area contributed by atoms with Crippen molar-refractivity contribution in [3.8, 4) is 0 Å². The first-order valence-electron chi connectivity index (χ1n) is 8.22. The van der Waals surface area contributed by atoms with Gasteiger partial charge in [-0.05, 0) is 53.8 Å². The zero-order chi connectivity index (χ0) is 20.9. The summed E-state index contributed by atoms with van der Waals surface area (Å²) in [6.45, 7) is 0.729. The molecule has 1 aliphatic rings. The van der Waals surface area contributed by atoms with Gasteiger partial charge >= 0.3 is 18.1 Å². The first-order valence-corrected chi connectivity index (χ1v) is 8.60. The predicted molar refractivity (Wildman–Crippen MR) is 96.4 cm³/mol. The zero-order valence-corrected chi connectivity index (χ0v) is 15.2. The van der Waals surface area contributed by atoms with Gasteiger partial charge in [-0.1, -0.05) is 29.8 Å². The van der Waals surface area contributed by atoms with Crippen LogP contribution in [0.2, 0.25) is 5.02 Å². The van der Waals surface area contributed by atoms with Gasteiger partial charge in [0.25, 0.3) is 0 Å². The second-order valence-electron chi connectivity index (χ2n) is 6.12. The van der Waals surface area contributed by atoms with E-state index in [1.165, 1.54) is 11.1 Å². The molecule has 2 aromatic rings. The summed E-state index contributed by atoms with van der Waals surface area (Å²) in [5, 5.41) is 20.3. The van der Waals surface area contributed by atoms with Crippen LogP contribution in [0.5, 0.6) is 0 Å². The summed E-state index contributed by atoms with van der Waals surface area (Å²) in [6.07, 6.45) is -2.96. The number of aryl methyl sites for hydroxylation is 1. The molecular weight excluding hydrogens is 399 g/mol. The van der Waals surface area contributed by atoms with E-state index in [2.05, 4.69) is 11.4 Å². The summed E-state index contributed by atoms with van der Waals surface area (Å²) in [5.74, 6) is -3.65. The summed E-state index contributed by atoms with van der Waals surface area (Å²) in [5.41, 5.74) is 4.05. The molecule has 0 aromatic heterocycles. The van der Waals surface area contributed by atoms with Crippen molar-refractivity contribution in [2.45, 2.75) is 31.6 Å². The van der Waals surface area contributed by atoms with Gasteiger partial charge in [0.1, 0.15) is 0 Å². The Hall–Kier alpha value is -2.58. The molecule has 150 valence electrons. The number of rotatable bonds is 4. The van der Waals surface area contributed by atoms with Gasteiger partial charge in [0.05, 0.1) is 5.56 Å². The van der Waals surface area contributed by atoms with Gasteiger partial charge in [0.2, 0.25) is 0 Å². The SMILES string of the molecule is O=C(O)C(F)(F)F.O=C(O)c1ccc(CN[C@@H]2CCc3cc(Cl)ccc32)cc1. The third-order valence-electron chi connectivity index (χ3n) is 4.18. The summed E-state index contributed by atoms with van der Waals surface area (Å²) >= 11 is 6.02. The predicted octanol–water partition coefficient (Wildman–Crippen LogP) is 4.45. The summed E-state index contributed by atoms with van der Waals surface area (Å²) in [7, 11) is 0. The fraction of sp³-hybridized carbons (Fsp3) is 0.263.